The number of aliphatic hydroxyl groups excluding tert-OH is 1. The van der Waals surface area contributed by atoms with E-state index in [4.69, 9.17) is 5.11 Å². The van der Waals surface area contributed by atoms with E-state index in [9.17, 15) is 14.7 Å². The molecule has 4 aliphatic carbocycles. The first-order chi connectivity index (χ1) is 14.6. The summed E-state index contributed by atoms with van der Waals surface area (Å²) in [6.07, 6.45) is 10.4. The van der Waals surface area contributed by atoms with Crippen LogP contribution in [0.5, 0.6) is 0 Å². The van der Waals surface area contributed by atoms with Crippen LogP contribution in [0.1, 0.15) is 91.4 Å². The van der Waals surface area contributed by atoms with E-state index in [0.717, 1.165) is 32.1 Å². The van der Waals surface area contributed by atoms with Crippen LogP contribution < -0.4 is 0 Å². The fourth-order valence-corrected chi connectivity index (χ4v) is 8.93. The van der Waals surface area contributed by atoms with Crippen molar-refractivity contribution in [2.45, 2.75) is 97.5 Å². The summed E-state index contributed by atoms with van der Waals surface area (Å²) >= 11 is 0. The van der Waals surface area contributed by atoms with E-state index in [2.05, 4.69) is 27.4 Å². The molecular formula is C27H42O4. The van der Waals surface area contributed by atoms with Crippen molar-refractivity contribution in [3.05, 3.63) is 12.2 Å². The lowest BCUT2D eigenvalue weighted by Gasteiger charge is -2.62. The van der Waals surface area contributed by atoms with Gasteiger partial charge in [0.1, 0.15) is 5.78 Å². The zero-order valence-electron chi connectivity index (χ0n) is 19.7. The molecular weight excluding hydrogens is 388 g/mol. The van der Waals surface area contributed by atoms with E-state index >= 15 is 0 Å². The van der Waals surface area contributed by atoms with Gasteiger partial charge in [0.2, 0.25) is 0 Å². The summed E-state index contributed by atoms with van der Waals surface area (Å²) in [6, 6.07) is 0. The summed E-state index contributed by atoms with van der Waals surface area (Å²) in [5.41, 5.74) is 0.821. The number of carboxylic acids is 1. The molecule has 0 aromatic heterocycles. The van der Waals surface area contributed by atoms with E-state index in [1.54, 1.807) is 0 Å². The number of aliphatic hydroxyl groups is 1. The maximum absolute atomic E-state index is 12.1. The minimum Gasteiger partial charge on any atom is -0.478 e. The normalized spacial score (nSPS) is 45.4. The molecule has 0 radical (unpaired) electrons. The first-order valence-corrected chi connectivity index (χ1v) is 12.7. The van der Waals surface area contributed by atoms with Crippen molar-refractivity contribution in [3.8, 4) is 0 Å². The molecule has 0 aromatic rings. The number of hydrogen-bond donors (Lipinski definition) is 2. The summed E-state index contributed by atoms with van der Waals surface area (Å²) in [4.78, 5) is 23.2. The number of carbonyl (C=O) groups excluding carboxylic acids is 1. The second kappa shape index (κ2) is 8.32. The van der Waals surface area contributed by atoms with E-state index in [1.165, 1.54) is 25.7 Å². The minimum absolute atomic E-state index is 0.222. The van der Waals surface area contributed by atoms with Crippen LogP contribution >= 0.6 is 0 Å². The average Bonchev–Trinajstić information content (AvgIpc) is 3.06. The number of fused-ring (bicyclic) bond motifs is 5. The monoisotopic (exact) mass is 430 g/mol. The molecule has 4 nitrogen and oxygen atoms in total. The van der Waals surface area contributed by atoms with Crippen LogP contribution in [0.2, 0.25) is 0 Å². The lowest BCUT2D eigenvalue weighted by atomic mass is 9.44. The van der Waals surface area contributed by atoms with Crippen molar-refractivity contribution in [2.75, 3.05) is 0 Å². The van der Waals surface area contributed by atoms with Crippen LogP contribution in [0.4, 0.5) is 0 Å². The molecule has 9 atom stereocenters. The summed E-state index contributed by atoms with van der Waals surface area (Å²) < 4.78 is 0. The van der Waals surface area contributed by atoms with Crippen LogP contribution in [0, 0.1) is 46.3 Å². The highest BCUT2D eigenvalue weighted by atomic mass is 16.4. The molecule has 0 spiro atoms. The Balaban J connectivity index is 1.47. The van der Waals surface area contributed by atoms with Crippen LogP contribution in [0.25, 0.3) is 0 Å². The Morgan fingerprint density at radius 2 is 1.87 bits per heavy atom. The number of carboxylic acid groups (broad SMARTS) is 1. The Kier molecular flexibility index (Phi) is 6.17. The van der Waals surface area contributed by atoms with Crippen molar-refractivity contribution >= 4 is 11.8 Å². The first-order valence-electron chi connectivity index (χ1n) is 12.7. The molecule has 174 valence electrons. The average molecular weight is 431 g/mol. The number of hydrogen-bond acceptors (Lipinski definition) is 3. The van der Waals surface area contributed by atoms with E-state index in [1.807, 2.05) is 0 Å². The summed E-state index contributed by atoms with van der Waals surface area (Å²) in [5.74, 6) is 2.64. The quantitative estimate of drug-likeness (QED) is 0.535. The van der Waals surface area contributed by atoms with E-state index in [0.29, 0.717) is 59.7 Å². The molecule has 4 saturated carbocycles. The van der Waals surface area contributed by atoms with Gasteiger partial charge in [0.25, 0.3) is 0 Å². The van der Waals surface area contributed by atoms with E-state index < -0.39 is 5.97 Å². The molecule has 4 aliphatic rings. The minimum atomic E-state index is -0.874. The molecule has 0 heterocycles. The zero-order chi connectivity index (χ0) is 22.6. The third-order valence-corrected chi connectivity index (χ3v) is 10.7. The predicted molar refractivity (Wildman–Crippen MR) is 121 cm³/mol. The van der Waals surface area contributed by atoms with Crippen molar-refractivity contribution in [2.24, 2.45) is 46.3 Å². The highest BCUT2D eigenvalue weighted by Gasteiger charge is 2.62. The molecule has 31 heavy (non-hydrogen) atoms. The Labute approximate surface area is 187 Å². The highest BCUT2D eigenvalue weighted by Crippen LogP contribution is 2.68. The molecule has 0 aromatic carbocycles. The zero-order valence-corrected chi connectivity index (χ0v) is 19.7. The van der Waals surface area contributed by atoms with Gasteiger partial charge in [0.05, 0.1) is 6.10 Å². The lowest BCUT2D eigenvalue weighted by Crippen LogP contribution is -2.58. The first kappa shape index (κ1) is 23.0. The van der Waals surface area contributed by atoms with Gasteiger partial charge in [-0.15, -0.1) is 0 Å². The largest absolute Gasteiger partial charge is 0.478 e. The van der Waals surface area contributed by atoms with Gasteiger partial charge in [-0.25, -0.2) is 4.79 Å². The Morgan fingerprint density at radius 1 is 1.16 bits per heavy atom. The van der Waals surface area contributed by atoms with Crippen LogP contribution in [-0.4, -0.2) is 28.1 Å². The summed E-state index contributed by atoms with van der Waals surface area (Å²) in [5, 5.41) is 20.4. The van der Waals surface area contributed by atoms with Gasteiger partial charge in [0.15, 0.2) is 0 Å². The lowest BCUT2D eigenvalue weighted by molar-refractivity contribution is -0.168. The SMILES string of the molecule is C=C(CCC[C@@H](C)[C@H]1CC[C@H]2[C@@H]3[C@H](O)CC4CC(=O)CC[C@]4(C)[C@H]3CC[C@]12C)C(=O)O. The highest BCUT2D eigenvalue weighted by molar-refractivity contribution is 5.85. The molecule has 4 rings (SSSR count). The molecule has 2 N–H and O–H groups in total. The topological polar surface area (TPSA) is 74.6 Å². The third-order valence-electron chi connectivity index (χ3n) is 10.7. The van der Waals surface area contributed by atoms with Gasteiger partial charge < -0.3 is 10.2 Å². The molecule has 4 heteroatoms. The van der Waals surface area contributed by atoms with Gasteiger partial charge in [-0.05, 0) is 97.7 Å². The molecule has 0 saturated heterocycles. The van der Waals surface area contributed by atoms with Crippen LogP contribution in [0.3, 0.4) is 0 Å². The van der Waals surface area contributed by atoms with Gasteiger partial charge in [-0.3, -0.25) is 4.79 Å². The molecule has 0 aliphatic heterocycles. The van der Waals surface area contributed by atoms with Gasteiger partial charge in [-0.1, -0.05) is 33.8 Å². The van der Waals surface area contributed by atoms with Gasteiger partial charge in [0, 0.05) is 18.4 Å². The van der Waals surface area contributed by atoms with Crippen LogP contribution in [0.15, 0.2) is 12.2 Å². The predicted octanol–water partition coefficient (Wildman–Crippen LogP) is 5.63. The van der Waals surface area contributed by atoms with Gasteiger partial charge in [-0.2, -0.15) is 0 Å². The number of carbonyl (C=O) groups is 2. The number of ketones is 1. The van der Waals surface area contributed by atoms with Crippen molar-refractivity contribution in [1.29, 1.82) is 0 Å². The smallest absolute Gasteiger partial charge is 0.330 e. The number of rotatable bonds is 6. The van der Waals surface area contributed by atoms with E-state index in [-0.39, 0.29) is 16.9 Å². The second-order valence-electron chi connectivity index (χ2n) is 12.0. The summed E-state index contributed by atoms with van der Waals surface area (Å²) in [7, 11) is 0. The fourth-order valence-electron chi connectivity index (χ4n) is 8.93. The maximum atomic E-state index is 12.1. The Morgan fingerprint density at radius 3 is 2.58 bits per heavy atom. The van der Waals surface area contributed by atoms with Crippen molar-refractivity contribution in [1.82, 2.24) is 0 Å². The van der Waals surface area contributed by atoms with Crippen LogP contribution in [-0.2, 0) is 9.59 Å². The number of aliphatic carboxylic acids is 1. The maximum Gasteiger partial charge on any atom is 0.330 e. The fraction of sp³-hybridized carbons (Fsp3) is 0.852. The van der Waals surface area contributed by atoms with Crippen molar-refractivity contribution in [3.63, 3.8) is 0 Å². The molecule has 1 unspecified atom stereocenters. The Bertz CT molecular complexity index is 744. The molecule has 4 fully saturated rings. The summed E-state index contributed by atoms with van der Waals surface area (Å²) in [6.45, 7) is 11.0. The molecule has 0 amide bonds. The second-order valence-corrected chi connectivity index (χ2v) is 12.0. The third kappa shape index (κ3) is 3.81. The van der Waals surface area contributed by atoms with Crippen molar-refractivity contribution < 1.29 is 19.8 Å². The standard InChI is InChI=1S/C27H42O4/c1-16(6-5-7-17(2)25(30)31)20-8-9-21-24-22(11-13-27(20,21)4)26(3)12-10-19(28)14-18(26)15-23(24)29/h16,18,20-24,29H,2,5-15H2,1,3-4H3,(H,30,31)/t16-,18?,20-,21+,22+,23-,24+,26+,27-/m1/s1. The number of Topliss-reactive ketones (excluding diaryl/α,β-unsaturated/α-hetero) is 1. The Hall–Kier alpha value is -1.16. The molecule has 0 bridgehead atoms. The van der Waals surface area contributed by atoms with Gasteiger partial charge >= 0.3 is 5.97 Å².